The van der Waals surface area contributed by atoms with E-state index >= 15 is 0 Å². The van der Waals surface area contributed by atoms with Gasteiger partial charge in [-0.3, -0.25) is 5.10 Å². The number of benzene rings is 1. The molecule has 0 radical (unpaired) electrons. The summed E-state index contributed by atoms with van der Waals surface area (Å²) in [6.45, 7) is 0. The van der Waals surface area contributed by atoms with Crippen LogP contribution in [0.2, 0.25) is 5.02 Å². The van der Waals surface area contributed by atoms with E-state index in [1.54, 1.807) is 30.6 Å². The number of nitrogens with one attached hydrogen (secondary N) is 2. The number of halogens is 1. The molecule has 4 rings (SSSR count). The lowest BCUT2D eigenvalue weighted by molar-refractivity contribution is 0.464. The van der Waals surface area contributed by atoms with Crippen molar-refractivity contribution in [3.8, 4) is 11.6 Å². The molecular weight excluding hydrogens is 328 g/mol. The number of hydrogen-bond donors (Lipinski definition) is 2. The number of aromatic nitrogens is 5. The highest BCUT2D eigenvalue weighted by Gasteiger charge is 2.09. The van der Waals surface area contributed by atoms with Gasteiger partial charge in [0, 0.05) is 17.6 Å². The zero-order valence-electron chi connectivity index (χ0n) is 12.3. The van der Waals surface area contributed by atoms with Crippen molar-refractivity contribution >= 4 is 34.1 Å². The normalized spacial score (nSPS) is 10.7. The molecule has 0 aliphatic rings. The first-order chi connectivity index (χ1) is 11.8. The highest BCUT2D eigenvalue weighted by atomic mass is 35.5. The average Bonchev–Trinajstić information content (AvgIpc) is 3.11. The summed E-state index contributed by atoms with van der Waals surface area (Å²) in [5, 5.41) is 11.1. The predicted molar refractivity (Wildman–Crippen MR) is 90.7 cm³/mol. The molecule has 0 aliphatic carbocycles. The van der Waals surface area contributed by atoms with E-state index in [2.05, 4.69) is 30.5 Å². The molecule has 3 aromatic heterocycles. The van der Waals surface area contributed by atoms with Crippen molar-refractivity contribution in [2.45, 2.75) is 0 Å². The average molecular weight is 339 g/mol. The van der Waals surface area contributed by atoms with Gasteiger partial charge in [-0.25, -0.2) is 15.0 Å². The second kappa shape index (κ2) is 6.13. The van der Waals surface area contributed by atoms with E-state index in [4.69, 9.17) is 16.3 Å². The van der Waals surface area contributed by atoms with Crippen molar-refractivity contribution in [2.24, 2.45) is 0 Å². The summed E-state index contributed by atoms with van der Waals surface area (Å²) in [6, 6.07) is 10.8. The molecule has 0 atom stereocenters. The van der Waals surface area contributed by atoms with Crippen LogP contribution in [0, 0.1) is 0 Å². The number of anilines is 2. The van der Waals surface area contributed by atoms with Crippen LogP contribution in [-0.2, 0) is 0 Å². The quantitative estimate of drug-likeness (QED) is 0.586. The smallest absolute Gasteiger partial charge is 0.238 e. The topological polar surface area (TPSA) is 88.6 Å². The molecule has 0 spiro atoms. The molecule has 0 saturated heterocycles. The summed E-state index contributed by atoms with van der Waals surface area (Å²) in [6.07, 6.45) is 4.77. The van der Waals surface area contributed by atoms with Crippen LogP contribution in [0.4, 0.5) is 11.6 Å². The van der Waals surface area contributed by atoms with E-state index in [-0.39, 0.29) is 0 Å². The Kier molecular flexibility index (Phi) is 3.68. The number of nitrogens with zero attached hydrogens (tertiary/aromatic N) is 4. The molecule has 1 aromatic carbocycles. The molecule has 118 valence electrons. The maximum atomic E-state index is 6.08. The Morgan fingerprint density at radius 1 is 1.04 bits per heavy atom. The van der Waals surface area contributed by atoms with Gasteiger partial charge in [-0.15, -0.1) is 0 Å². The standard InChI is InChI=1S/C16H11ClN6O/c17-12-2-1-6-18-16(12)24-10-3-4-13-11(8-10)15(20-9-19-13)22-14-5-7-21-23-14/h1-9H,(H2,19,20,21,22,23). The Morgan fingerprint density at radius 3 is 2.83 bits per heavy atom. The van der Waals surface area contributed by atoms with Crippen LogP contribution in [-0.4, -0.2) is 25.1 Å². The van der Waals surface area contributed by atoms with Crippen LogP contribution in [0.25, 0.3) is 10.9 Å². The van der Waals surface area contributed by atoms with Crippen molar-refractivity contribution in [2.75, 3.05) is 5.32 Å². The molecule has 24 heavy (non-hydrogen) atoms. The van der Waals surface area contributed by atoms with Gasteiger partial charge in [-0.05, 0) is 30.3 Å². The van der Waals surface area contributed by atoms with Gasteiger partial charge in [-0.1, -0.05) is 11.6 Å². The fourth-order valence-electron chi connectivity index (χ4n) is 2.21. The summed E-state index contributed by atoms with van der Waals surface area (Å²) in [5.74, 6) is 2.31. The molecule has 0 bridgehead atoms. The van der Waals surface area contributed by atoms with E-state index < -0.39 is 0 Å². The molecule has 0 aliphatic heterocycles. The molecule has 0 unspecified atom stereocenters. The molecule has 7 nitrogen and oxygen atoms in total. The molecule has 8 heteroatoms. The van der Waals surface area contributed by atoms with Crippen molar-refractivity contribution < 1.29 is 4.74 Å². The second-order valence-electron chi connectivity index (χ2n) is 4.89. The zero-order valence-corrected chi connectivity index (χ0v) is 13.0. The van der Waals surface area contributed by atoms with Crippen molar-refractivity contribution in [1.82, 2.24) is 25.1 Å². The molecule has 0 amide bonds. The van der Waals surface area contributed by atoms with Gasteiger partial charge in [0.1, 0.15) is 28.7 Å². The number of aromatic amines is 1. The summed E-state index contributed by atoms with van der Waals surface area (Å²) >= 11 is 6.08. The van der Waals surface area contributed by atoms with E-state index in [1.165, 1.54) is 6.33 Å². The van der Waals surface area contributed by atoms with Crippen molar-refractivity contribution in [3.63, 3.8) is 0 Å². The van der Waals surface area contributed by atoms with Crippen molar-refractivity contribution in [1.29, 1.82) is 0 Å². The Bertz CT molecular complexity index is 989. The first-order valence-electron chi connectivity index (χ1n) is 7.09. The van der Waals surface area contributed by atoms with E-state index in [1.807, 2.05) is 18.2 Å². The minimum Gasteiger partial charge on any atom is -0.438 e. The highest BCUT2D eigenvalue weighted by Crippen LogP contribution is 2.30. The SMILES string of the molecule is Clc1cccnc1Oc1ccc2ncnc(Nc3ccn[nH]3)c2c1. The van der Waals surface area contributed by atoms with E-state index in [0.717, 1.165) is 16.7 Å². The lowest BCUT2D eigenvalue weighted by Gasteiger charge is -2.09. The predicted octanol–water partition coefficient (Wildman–Crippen LogP) is 3.94. The fraction of sp³-hybridized carbons (Fsp3) is 0. The van der Waals surface area contributed by atoms with Gasteiger partial charge in [0.05, 0.1) is 11.7 Å². The number of hydrogen-bond acceptors (Lipinski definition) is 6. The van der Waals surface area contributed by atoms with Crippen LogP contribution in [0.5, 0.6) is 11.6 Å². The van der Waals surface area contributed by atoms with Gasteiger partial charge >= 0.3 is 0 Å². The molecular formula is C16H11ClN6O. The molecule has 0 fully saturated rings. The summed E-state index contributed by atoms with van der Waals surface area (Å²) in [7, 11) is 0. The maximum absolute atomic E-state index is 6.08. The summed E-state index contributed by atoms with van der Waals surface area (Å²) in [5.41, 5.74) is 0.784. The third-order valence-corrected chi connectivity index (χ3v) is 3.59. The number of fused-ring (bicyclic) bond motifs is 1. The molecule has 3 heterocycles. The Labute approximate surface area is 141 Å². The number of rotatable bonds is 4. The van der Waals surface area contributed by atoms with E-state index in [0.29, 0.717) is 22.5 Å². The largest absolute Gasteiger partial charge is 0.438 e. The van der Waals surface area contributed by atoms with Gasteiger partial charge in [0.2, 0.25) is 5.88 Å². The van der Waals surface area contributed by atoms with Crippen LogP contribution in [0.3, 0.4) is 0 Å². The zero-order chi connectivity index (χ0) is 16.4. The third kappa shape index (κ3) is 2.84. The molecule has 2 N–H and O–H groups in total. The maximum Gasteiger partial charge on any atom is 0.238 e. The fourth-order valence-corrected chi connectivity index (χ4v) is 2.37. The Balaban J connectivity index is 1.72. The first-order valence-corrected chi connectivity index (χ1v) is 7.47. The second-order valence-corrected chi connectivity index (χ2v) is 5.30. The lowest BCUT2D eigenvalue weighted by Crippen LogP contribution is -1.97. The minimum atomic E-state index is 0.346. The summed E-state index contributed by atoms with van der Waals surface area (Å²) in [4.78, 5) is 12.7. The Hall–Kier alpha value is -3.19. The van der Waals surface area contributed by atoms with Crippen LogP contribution in [0.1, 0.15) is 0 Å². The van der Waals surface area contributed by atoms with Gasteiger partial charge in [-0.2, -0.15) is 5.10 Å². The number of ether oxygens (including phenoxy) is 1. The van der Waals surface area contributed by atoms with Crippen molar-refractivity contribution in [3.05, 3.63) is 60.1 Å². The molecule has 0 saturated carbocycles. The highest BCUT2D eigenvalue weighted by molar-refractivity contribution is 6.31. The summed E-state index contributed by atoms with van der Waals surface area (Å²) < 4.78 is 5.76. The lowest BCUT2D eigenvalue weighted by atomic mass is 10.2. The van der Waals surface area contributed by atoms with Crippen LogP contribution < -0.4 is 10.1 Å². The first kappa shape index (κ1) is 14.4. The molecule has 4 aromatic rings. The number of H-pyrrole nitrogens is 1. The van der Waals surface area contributed by atoms with Gasteiger partial charge < -0.3 is 10.1 Å². The van der Waals surface area contributed by atoms with Gasteiger partial charge in [0.25, 0.3) is 0 Å². The Morgan fingerprint density at radius 2 is 2.00 bits per heavy atom. The van der Waals surface area contributed by atoms with Crippen LogP contribution >= 0.6 is 11.6 Å². The van der Waals surface area contributed by atoms with Gasteiger partial charge in [0.15, 0.2) is 0 Å². The number of pyridine rings is 1. The minimum absolute atomic E-state index is 0.346. The van der Waals surface area contributed by atoms with Crippen LogP contribution in [0.15, 0.2) is 55.1 Å². The third-order valence-electron chi connectivity index (χ3n) is 3.30. The van der Waals surface area contributed by atoms with E-state index in [9.17, 15) is 0 Å². The monoisotopic (exact) mass is 338 g/mol.